The lowest BCUT2D eigenvalue weighted by Crippen LogP contribution is -2.56. The Labute approximate surface area is 205 Å². The van der Waals surface area contributed by atoms with Crippen molar-refractivity contribution in [2.24, 2.45) is 0 Å². The van der Waals surface area contributed by atoms with Crippen molar-refractivity contribution in [3.63, 3.8) is 0 Å². The van der Waals surface area contributed by atoms with E-state index in [1.54, 1.807) is 21.6 Å². The highest BCUT2D eigenvalue weighted by atomic mass is 19.1. The number of fused-ring (bicyclic) bond motifs is 2. The third-order valence-corrected chi connectivity index (χ3v) is 7.57. The highest BCUT2D eigenvalue weighted by Gasteiger charge is 2.33. The number of allylic oxidation sites excluding steroid dienone is 6. The van der Waals surface area contributed by atoms with E-state index in [0.717, 1.165) is 42.8 Å². The Balaban J connectivity index is 1.26. The largest absolute Gasteiger partial charge is 0.367 e. The zero-order valence-corrected chi connectivity index (χ0v) is 20.2. The molecule has 3 aliphatic heterocycles. The Morgan fingerprint density at radius 3 is 2.69 bits per heavy atom. The van der Waals surface area contributed by atoms with Crippen LogP contribution < -0.4 is 0 Å². The van der Waals surface area contributed by atoms with Gasteiger partial charge >= 0.3 is 0 Å². The van der Waals surface area contributed by atoms with E-state index in [1.165, 1.54) is 25.3 Å². The van der Waals surface area contributed by atoms with Gasteiger partial charge in [0.1, 0.15) is 0 Å². The molecule has 6 nitrogen and oxygen atoms in total. The first kappa shape index (κ1) is 22.0. The van der Waals surface area contributed by atoms with Crippen molar-refractivity contribution in [2.75, 3.05) is 19.6 Å². The predicted octanol–water partition coefficient (Wildman–Crippen LogP) is 4.42. The van der Waals surface area contributed by atoms with Gasteiger partial charge in [0.15, 0.2) is 11.5 Å². The average Bonchev–Trinajstić information content (AvgIpc) is 3.18. The minimum Gasteiger partial charge on any atom is -0.367 e. The molecule has 7 heteroatoms. The van der Waals surface area contributed by atoms with Crippen LogP contribution in [0.5, 0.6) is 0 Å². The fourth-order valence-electron chi connectivity index (χ4n) is 5.50. The van der Waals surface area contributed by atoms with Crippen molar-refractivity contribution >= 4 is 17.1 Å². The fourth-order valence-corrected chi connectivity index (χ4v) is 5.50. The van der Waals surface area contributed by atoms with Crippen LogP contribution in [0.2, 0.25) is 0 Å². The van der Waals surface area contributed by atoms with Crippen molar-refractivity contribution < 1.29 is 9.18 Å². The number of piperazine rings is 1. The van der Waals surface area contributed by atoms with E-state index in [9.17, 15) is 9.18 Å². The van der Waals surface area contributed by atoms with Crippen LogP contribution >= 0.6 is 0 Å². The van der Waals surface area contributed by atoms with Crippen LogP contribution in [-0.2, 0) is 4.79 Å². The van der Waals surface area contributed by atoms with Gasteiger partial charge in [-0.25, -0.2) is 9.37 Å². The normalized spacial score (nSPS) is 27.3. The highest BCUT2D eigenvalue weighted by Crippen LogP contribution is 2.31. The molecule has 0 spiro atoms. The molecule has 1 aliphatic carbocycles. The van der Waals surface area contributed by atoms with Crippen molar-refractivity contribution in [3.05, 3.63) is 89.6 Å². The van der Waals surface area contributed by atoms with Gasteiger partial charge in [-0.05, 0) is 56.6 Å². The van der Waals surface area contributed by atoms with Crippen LogP contribution in [0.1, 0.15) is 37.4 Å². The predicted molar refractivity (Wildman–Crippen MR) is 135 cm³/mol. The topological polar surface area (TPSA) is 44.1 Å². The SMILES string of the molecule is Cc1cn2cc(C3=C\C(=O)N4C=C(N5CCN(C6CCC6)[C@@H](C)C5)C=C\C4=C/C=C/3)cc(F)c2n1. The molecule has 1 saturated carbocycles. The minimum atomic E-state index is -0.408. The van der Waals surface area contributed by atoms with Crippen molar-refractivity contribution in [1.29, 1.82) is 0 Å². The number of hydrogen-bond donors (Lipinski definition) is 0. The summed E-state index contributed by atoms with van der Waals surface area (Å²) in [5.41, 5.74) is 4.19. The van der Waals surface area contributed by atoms with E-state index in [2.05, 4.69) is 27.8 Å². The average molecular weight is 472 g/mol. The third-order valence-electron chi connectivity index (χ3n) is 7.57. The highest BCUT2D eigenvalue weighted by molar-refractivity contribution is 5.99. The molecule has 4 aliphatic rings. The molecule has 0 unspecified atom stereocenters. The quantitative estimate of drug-likeness (QED) is 0.665. The lowest BCUT2D eigenvalue weighted by Gasteiger charge is -2.48. The second-order valence-electron chi connectivity index (χ2n) is 9.95. The summed E-state index contributed by atoms with van der Waals surface area (Å²) in [6.07, 6.45) is 20.9. The molecule has 2 aromatic heterocycles. The Kier molecular flexibility index (Phi) is 5.44. The molecule has 2 aromatic rings. The van der Waals surface area contributed by atoms with Gasteiger partial charge in [-0.3, -0.25) is 14.6 Å². The molecular weight excluding hydrogens is 441 g/mol. The maximum absolute atomic E-state index is 14.7. The van der Waals surface area contributed by atoms with E-state index < -0.39 is 5.82 Å². The Morgan fingerprint density at radius 2 is 1.91 bits per heavy atom. The Morgan fingerprint density at radius 1 is 1.09 bits per heavy atom. The van der Waals surface area contributed by atoms with E-state index in [4.69, 9.17) is 0 Å². The molecule has 35 heavy (non-hydrogen) atoms. The molecule has 0 radical (unpaired) electrons. The summed E-state index contributed by atoms with van der Waals surface area (Å²) < 4.78 is 16.4. The minimum absolute atomic E-state index is 0.152. The van der Waals surface area contributed by atoms with Crippen LogP contribution in [0.25, 0.3) is 11.2 Å². The molecule has 180 valence electrons. The molecular formula is C28H30FN5O. The van der Waals surface area contributed by atoms with Crippen LogP contribution in [0.3, 0.4) is 0 Å². The van der Waals surface area contributed by atoms with Crippen LogP contribution in [0.4, 0.5) is 4.39 Å². The van der Waals surface area contributed by atoms with Crippen LogP contribution in [0.15, 0.2) is 72.5 Å². The van der Waals surface area contributed by atoms with Gasteiger partial charge < -0.3 is 9.30 Å². The summed E-state index contributed by atoms with van der Waals surface area (Å²) in [6.45, 7) is 7.11. The lowest BCUT2D eigenvalue weighted by atomic mass is 9.89. The molecule has 1 saturated heterocycles. The van der Waals surface area contributed by atoms with Crippen molar-refractivity contribution in [2.45, 2.75) is 45.2 Å². The molecule has 1 amide bonds. The zero-order valence-electron chi connectivity index (χ0n) is 20.2. The van der Waals surface area contributed by atoms with E-state index in [-0.39, 0.29) is 11.6 Å². The number of carbonyl (C=O) groups excluding carboxylic acids is 1. The molecule has 5 heterocycles. The Hall–Kier alpha value is -3.45. The van der Waals surface area contributed by atoms with E-state index in [1.807, 2.05) is 43.6 Å². The summed E-state index contributed by atoms with van der Waals surface area (Å²) >= 11 is 0. The number of nitrogens with zero attached hydrogens (tertiary/aromatic N) is 5. The van der Waals surface area contributed by atoms with Crippen LogP contribution in [0, 0.1) is 12.7 Å². The molecule has 2 fully saturated rings. The fraction of sp³-hybridized carbons (Fsp3) is 0.357. The Bertz CT molecular complexity index is 1340. The smallest absolute Gasteiger partial charge is 0.255 e. The second kappa shape index (κ2) is 8.64. The first-order valence-electron chi connectivity index (χ1n) is 12.5. The molecule has 0 N–H and O–H groups in total. The number of halogens is 1. The first-order valence-corrected chi connectivity index (χ1v) is 12.5. The number of aromatic nitrogens is 2. The van der Waals surface area contributed by atoms with Gasteiger partial charge in [0.2, 0.25) is 0 Å². The maximum atomic E-state index is 14.7. The molecule has 0 aromatic carbocycles. The summed E-state index contributed by atoms with van der Waals surface area (Å²) in [7, 11) is 0. The number of imidazole rings is 1. The van der Waals surface area contributed by atoms with E-state index >= 15 is 0 Å². The summed E-state index contributed by atoms with van der Waals surface area (Å²) in [4.78, 5) is 24.3. The number of carbonyl (C=O) groups is 1. The maximum Gasteiger partial charge on any atom is 0.255 e. The standard InChI is InChI=1S/C28H30FN5O/c1-19-15-32-17-22(13-26(29)28(32)30-19)21-5-3-6-24-9-10-25(18-34(24)27(35)14-21)31-11-12-33(20(2)16-31)23-7-4-8-23/h3,5-6,9-10,13-15,17-18,20,23H,4,7-8,11-12,16H2,1-2H3/b5-3+,21-14+,24-6+/t20-/m0/s1. The van der Waals surface area contributed by atoms with Crippen LogP contribution in [-0.4, -0.2) is 61.7 Å². The van der Waals surface area contributed by atoms with Gasteiger partial charge in [0, 0.05) is 67.6 Å². The lowest BCUT2D eigenvalue weighted by molar-refractivity contribution is -0.122. The molecule has 0 bridgehead atoms. The molecule has 1 atom stereocenters. The van der Waals surface area contributed by atoms with Gasteiger partial charge in [0.05, 0.1) is 11.4 Å². The summed E-state index contributed by atoms with van der Waals surface area (Å²) in [6, 6.07) is 2.69. The van der Waals surface area contributed by atoms with Gasteiger partial charge in [0.25, 0.3) is 5.91 Å². The van der Waals surface area contributed by atoms with Crippen molar-refractivity contribution in [1.82, 2.24) is 24.1 Å². The number of rotatable bonds is 3. The number of pyridine rings is 1. The van der Waals surface area contributed by atoms with E-state index in [0.29, 0.717) is 17.2 Å². The zero-order chi connectivity index (χ0) is 24.1. The number of hydrogen-bond acceptors (Lipinski definition) is 4. The molecule has 6 rings (SSSR count). The number of aryl methyl sites for hydroxylation is 1. The van der Waals surface area contributed by atoms with Crippen molar-refractivity contribution in [3.8, 4) is 0 Å². The third kappa shape index (κ3) is 4.04. The summed E-state index contributed by atoms with van der Waals surface area (Å²) in [5.74, 6) is -0.560. The number of amides is 1. The summed E-state index contributed by atoms with van der Waals surface area (Å²) in [5, 5.41) is 0. The first-order chi connectivity index (χ1) is 17.0. The van der Waals surface area contributed by atoms with Gasteiger partial charge in [-0.2, -0.15) is 0 Å². The monoisotopic (exact) mass is 471 g/mol. The van der Waals surface area contributed by atoms with Gasteiger partial charge in [-0.15, -0.1) is 0 Å². The van der Waals surface area contributed by atoms with Gasteiger partial charge in [-0.1, -0.05) is 18.6 Å². The second-order valence-corrected chi connectivity index (χ2v) is 9.95.